The highest BCUT2D eigenvalue weighted by atomic mass is 16.3. The lowest BCUT2D eigenvalue weighted by molar-refractivity contribution is -0.617. The molecule has 0 bridgehead atoms. The van der Waals surface area contributed by atoms with Gasteiger partial charge in [0.1, 0.15) is 7.05 Å². The molecule has 1 aromatic heterocycles. The smallest absolute Gasteiger partial charge is 0.213 e. The number of aliphatic hydroxyl groups excluding tert-OH is 1. The van der Waals surface area contributed by atoms with Crippen LogP contribution in [-0.4, -0.2) is 5.11 Å². The van der Waals surface area contributed by atoms with Crippen molar-refractivity contribution in [3.63, 3.8) is 0 Å². The summed E-state index contributed by atoms with van der Waals surface area (Å²) in [7, 11) is 2.10. The number of hydrogen-bond acceptors (Lipinski definition) is 1. The molecule has 112 valence electrons. The van der Waals surface area contributed by atoms with Crippen LogP contribution in [0.15, 0.2) is 72.8 Å². The molecule has 2 heteroatoms. The minimum Gasteiger partial charge on any atom is -0.392 e. The third-order valence-corrected chi connectivity index (χ3v) is 4.53. The normalized spacial score (nSPS) is 11.2. The second kappa shape index (κ2) is 5.49. The molecular formula is C21H18NO+. The summed E-state index contributed by atoms with van der Waals surface area (Å²) < 4.78 is 2.23. The van der Waals surface area contributed by atoms with Gasteiger partial charge in [0.2, 0.25) is 11.0 Å². The summed E-state index contributed by atoms with van der Waals surface area (Å²) in [5, 5.41) is 12.2. The Morgan fingerprint density at radius 1 is 0.739 bits per heavy atom. The Balaban J connectivity index is 2.26. The van der Waals surface area contributed by atoms with Crippen LogP contribution in [0.2, 0.25) is 0 Å². The first-order valence-corrected chi connectivity index (χ1v) is 7.80. The second-order valence-electron chi connectivity index (χ2n) is 5.78. The Hall–Kier alpha value is -2.71. The molecule has 0 aliphatic rings. The van der Waals surface area contributed by atoms with Crippen molar-refractivity contribution in [2.45, 2.75) is 6.61 Å². The van der Waals surface area contributed by atoms with E-state index in [1.54, 1.807) is 0 Å². The first kappa shape index (κ1) is 13.9. The number of benzene rings is 3. The van der Waals surface area contributed by atoms with Gasteiger partial charge in [-0.3, -0.25) is 0 Å². The average Bonchev–Trinajstić information content (AvgIpc) is 2.62. The van der Waals surface area contributed by atoms with Gasteiger partial charge in [0.15, 0.2) is 0 Å². The largest absolute Gasteiger partial charge is 0.392 e. The quantitative estimate of drug-likeness (QED) is 0.439. The van der Waals surface area contributed by atoms with Crippen LogP contribution >= 0.6 is 0 Å². The lowest BCUT2D eigenvalue weighted by Gasteiger charge is -2.13. The Morgan fingerprint density at radius 2 is 1.26 bits per heavy atom. The third-order valence-electron chi connectivity index (χ3n) is 4.53. The average molecular weight is 300 g/mol. The van der Waals surface area contributed by atoms with Crippen LogP contribution in [0.3, 0.4) is 0 Å². The van der Waals surface area contributed by atoms with E-state index in [2.05, 4.69) is 66.2 Å². The van der Waals surface area contributed by atoms with E-state index in [0.29, 0.717) is 0 Å². The van der Waals surface area contributed by atoms with Crippen LogP contribution in [-0.2, 0) is 13.7 Å². The summed E-state index contributed by atoms with van der Waals surface area (Å²) in [5.74, 6) is 0. The fourth-order valence-electron chi connectivity index (χ4n) is 3.42. The van der Waals surface area contributed by atoms with Gasteiger partial charge in [-0.1, -0.05) is 48.5 Å². The molecule has 3 aromatic carbocycles. The van der Waals surface area contributed by atoms with Gasteiger partial charge < -0.3 is 5.11 Å². The number of rotatable bonds is 2. The minimum absolute atomic E-state index is 0.0415. The number of fused-ring (bicyclic) bond motifs is 2. The Kier molecular flexibility index (Phi) is 3.32. The molecular weight excluding hydrogens is 282 g/mol. The first-order valence-electron chi connectivity index (χ1n) is 7.80. The van der Waals surface area contributed by atoms with Crippen molar-refractivity contribution in [2.75, 3.05) is 0 Å². The number of hydrogen-bond donors (Lipinski definition) is 1. The van der Waals surface area contributed by atoms with E-state index in [1.165, 1.54) is 27.4 Å². The third kappa shape index (κ3) is 2.11. The highest BCUT2D eigenvalue weighted by Crippen LogP contribution is 2.35. The van der Waals surface area contributed by atoms with Crippen LogP contribution in [0.1, 0.15) is 5.56 Å². The van der Waals surface area contributed by atoms with Crippen LogP contribution in [0.4, 0.5) is 0 Å². The van der Waals surface area contributed by atoms with Gasteiger partial charge in [0, 0.05) is 17.7 Å². The molecule has 0 radical (unpaired) electrons. The summed E-state index contributed by atoms with van der Waals surface area (Å²) in [6.07, 6.45) is 0. The summed E-state index contributed by atoms with van der Waals surface area (Å²) in [4.78, 5) is 0. The highest BCUT2D eigenvalue weighted by molar-refractivity contribution is 6.07. The molecule has 0 unspecified atom stereocenters. The van der Waals surface area contributed by atoms with E-state index in [-0.39, 0.29) is 6.61 Å². The molecule has 4 aromatic rings. The zero-order chi connectivity index (χ0) is 15.8. The molecule has 0 saturated heterocycles. The number of aliphatic hydroxyl groups is 1. The molecule has 4 rings (SSSR count). The molecule has 0 atom stereocenters. The number of aryl methyl sites for hydroxylation is 1. The van der Waals surface area contributed by atoms with Gasteiger partial charge >= 0.3 is 0 Å². The summed E-state index contributed by atoms with van der Waals surface area (Å²) in [6.45, 7) is 0.0415. The van der Waals surface area contributed by atoms with E-state index in [4.69, 9.17) is 0 Å². The summed E-state index contributed by atoms with van der Waals surface area (Å²) in [5.41, 5.74) is 5.63. The lowest BCUT2D eigenvalue weighted by Crippen LogP contribution is -2.30. The molecule has 0 amide bonds. The van der Waals surface area contributed by atoms with Crippen LogP contribution in [0, 0.1) is 0 Å². The molecule has 2 nitrogen and oxygen atoms in total. The Bertz CT molecular complexity index is 964. The zero-order valence-corrected chi connectivity index (χ0v) is 13.0. The molecule has 0 spiro atoms. The SMILES string of the molecule is C[n+]1c2ccccc2c(-c2ccccc2CO)c2ccccc21. The van der Waals surface area contributed by atoms with Gasteiger partial charge in [-0.25, -0.2) is 0 Å². The molecule has 0 saturated carbocycles. The van der Waals surface area contributed by atoms with Crippen LogP contribution in [0.25, 0.3) is 32.9 Å². The zero-order valence-electron chi connectivity index (χ0n) is 13.0. The van der Waals surface area contributed by atoms with Gasteiger partial charge in [0.25, 0.3) is 0 Å². The van der Waals surface area contributed by atoms with Crippen molar-refractivity contribution in [1.29, 1.82) is 0 Å². The number of pyridine rings is 1. The summed E-state index contributed by atoms with van der Waals surface area (Å²) in [6, 6.07) is 25.0. The number of aromatic nitrogens is 1. The van der Waals surface area contributed by atoms with Crippen LogP contribution in [0.5, 0.6) is 0 Å². The van der Waals surface area contributed by atoms with E-state index >= 15 is 0 Å². The lowest BCUT2D eigenvalue weighted by atomic mass is 9.93. The van der Waals surface area contributed by atoms with Crippen molar-refractivity contribution in [3.05, 3.63) is 78.4 Å². The van der Waals surface area contributed by atoms with Crippen molar-refractivity contribution >= 4 is 21.8 Å². The maximum atomic E-state index is 9.77. The first-order chi connectivity index (χ1) is 11.3. The maximum Gasteiger partial charge on any atom is 0.213 e. The van der Waals surface area contributed by atoms with Crippen molar-refractivity contribution in [2.24, 2.45) is 7.05 Å². The van der Waals surface area contributed by atoms with E-state index in [0.717, 1.165) is 11.1 Å². The van der Waals surface area contributed by atoms with Crippen LogP contribution < -0.4 is 4.57 Å². The minimum atomic E-state index is 0.0415. The van der Waals surface area contributed by atoms with Gasteiger partial charge in [0.05, 0.1) is 17.4 Å². The predicted molar refractivity (Wildman–Crippen MR) is 94.0 cm³/mol. The fourth-order valence-corrected chi connectivity index (χ4v) is 3.42. The molecule has 23 heavy (non-hydrogen) atoms. The van der Waals surface area contributed by atoms with E-state index in [1.807, 2.05) is 18.2 Å². The summed E-state index contributed by atoms with van der Waals surface area (Å²) >= 11 is 0. The highest BCUT2D eigenvalue weighted by Gasteiger charge is 2.19. The van der Waals surface area contributed by atoms with Gasteiger partial charge in [-0.15, -0.1) is 0 Å². The fraction of sp³-hybridized carbons (Fsp3) is 0.0952. The van der Waals surface area contributed by atoms with E-state index < -0.39 is 0 Å². The molecule has 0 aliphatic heterocycles. The predicted octanol–water partition coefficient (Wildman–Crippen LogP) is 3.98. The standard InChI is InChI=1S/C21H18NO/c1-22-19-12-6-4-10-17(19)21(18-11-5-7-13-20(18)22)16-9-3-2-8-15(16)14-23/h2-13,23H,14H2,1H3/q+1. The van der Waals surface area contributed by atoms with Gasteiger partial charge in [-0.2, -0.15) is 4.57 Å². The second-order valence-corrected chi connectivity index (χ2v) is 5.78. The molecule has 1 heterocycles. The molecule has 0 aliphatic carbocycles. The number of nitrogens with zero attached hydrogens (tertiary/aromatic N) is 1. The maximum absolute atomic E-state index is 9.77. The Labute approximate surface area is 135 Å². The Morgan fingerprint density at radius 3 is 1.87 bits per heavy atom. The molecule has 1 N–H and O–H groups in total. The van der Waals surface area contributed by atoms with Crippen molar-refractivity contribution < 1.29 is 9.67 Å². The number of para-hydroxylation sites is 2. The van der Waals surface area contributed by atoms with Crippen molar-refractivity contribution in [3.8, 4) is 11.1 Å². The van der Waals surface area contributed by atoms with Gasteiger partial charge in [-0.05, 0) is 23.3 Å². The molecule has 0 fully saturated rings. The van der Waals surface area contributed by atoms with E-state index in [9.17, 15) is 5.11 Å². The van der Waals surface area contributed by atoms with Crippen molar-refractivity contribution in [1.82, 2.24) is 0 Å². The monoisotopic (exact) mass is 300 g/mol. The topological polar surface area (TPSA) is 24.1 Å².